The quantitative estimate of drug-likeness (QED) is 0.445. The van der Waals surface area contributed by atoms with E-state index in [0.717, 1.165) is 5.75 Å². The highest BCUT2D eigenvalue weighted by Crippen LogP contribution is 1.61. The van der Waals surface area contributed by atoms with E-state index < -0.39 is 0 Å². The second kappa shape index (κ2) is 3.31. The van der Waals surface area contributed by atoms with Crippen molar-refractivity contribution in [2.24, 2.45) is 0 Å². The van der Waals surface area contributed by atoms with Crippen molar-refractivity contribution >= 4 is 12.6 Å². The van der Waals surface area contributed by atoms with Crippen LogP contribution in [0, 0.1) is 0 Å². The molecule has 0 rings (SSSR count). The van der Waals surface area contributed by atoms with Gasteiger partial charge in [0.2, 0.25) is 0 Å². The average molecular weight is 80.2 g/mol. The van der Waals surface area contributed by atoms with Gasteiger partial charge >= 0.3 is 0 Å². The van der Waals surface area contributed by atoms with Crippen LogP contribution in [-0.2, 0) is 0 Å². The molecule has 0 aromatic rings. The summed E-state index contributed by atoms with van der Waals surface area (Å²) in [5.41, 5.74) is 0. The van der Waals surface area contributed by atoms with Gasteiger partial charge in [-0.25, -0.2) is 0 Å². The lowest BCUT2D eigenvalue weighted by Gasteiger charge is -1.71. The summed E-state index contributed by atoms with van der Waals surface area (Å²) < 4.78 is 0. The molecule has 0 amide bonds. The molecule has 0 atom stereocenters. The molecule has 2 heteroatoms. The van der Waals surface area contributed by atoms with Crippen LogP contribution in [0.15, 0.2) is 0 Å². The summed E-state index contributed by atoms with van der Waals surface area (Å²) in [7, 11) is 0. The number of aliphatic hydroxyl groups excluding tert-OH is 1. The molecule has 4 heavy (non-hydrogen) atoms. The van der Waals surface area contributed by atoms with Crippen LogP contribution in [-0.4, -0.2) is 17.5 Å². The van der Waals surface area contributed by atoms with Crippen molar-refractivity contribution in [2.75, 3.05) is 12.4 Å². The Balaban J connectivity index is 1.97. The summed E-state index contributed by atoms with van der Waals surface area (Å²) in [6.45, 7) is 0.282. The van der Waals surface area contributed by atoms with E-state index in [0.29, 0.717) is 0 Å². The van der Waals surface area contributed by atoms with E-state index in [-0.39, 0.29) is 6.61 Å². The first-order chi connectivity index (χ1) is 1.91. The molecule has 1 nitrogen and oxygen atoms in total. The van der Waals surface area contributed by atoms with Crippen LogP contribution < -0.4 is 0 Å². The van der Waals surface area contributed by atoms with Crippen LogP contribution in [0.1, 0.15) is 0 Å². The summed E-state index contributed by atoms with van der Waals surface area (Å²) in [6, 6.07) is 0. The third kappa shape index (κ3) is 2.31. The largest absolute Gasteiger partial charge is 0.396 e. The van der Waals surface area contributed by atoms with Crippen molar-refractivity contribution in [3.63, 3.8) is 0 Å². The SMILES string of the molecule is OCC[SH3]. The smallest absolute Gasteiger partial charge is 0.0500 e. The van der Waals surface area contributed by atoms with Gasteiger partial charge in [0.25, 0.3) is 0 Å². The molecule has 0 heterocycles. The molecule has 0 aliphatic carbocycles. The predicted molar refractivity (Wildman–Crippen MR) is 23.7 cm³/mol. The Bertz CT molecular complexity index is 8.00. The maximum Gasteiger partial charge on any atom is 0.0500 e. The lowest BCUT2D eigenvalue weighted by atomic mass is 10.9. The third-order valence-electron chi connectivity index (χ3n) is 0.129. The Morgan fingerprint density at radius 2 is 2.00 bits per heavy atom. The molecular formula is C2H8OS. The first kappa shape index (κ1) is 4.31. The summed E-state index contributed by atoms with van der Waals surface area (Å²) >= 11 is 2.41. The number of aliphatic hydroxyl groups is 1. The van der Waals surface area contributed by atoms with Crippen molar-refractivity contribution in [3.8, 4) is 0 Å². The Hall–Kier alpha value is 0.310. The molecule has 0 radical (unpaired) electrons. The Labute approximate surface area is 31.1 Å². The van der Waals surface area contributed by atoms with Crippen LogP contribution >= 0.6 is 12.6 Å². The topological polar surface area (TPSA) is 20.2 Å². The van der Waals surface area contributed by atoms with Crippen molar-refractivity contribution in [2.45, 2.75) is 0 Å². The summed E-state index contributed by atoms with van der Waals surface area (Å²) in [6.07, 6.45) is 0. The number of hydrogen-bond acceptors (Lipinski definition) is 1. The molecule has 0 fully saturated rings. The molecule has 0 bridgehead atoms. The highest BCUT2D eigenvalue weighted by atomic mass is 32.1. The number of hydrogen-bond donors (Lipinski definition) is 1. The van der Waals surface area contributed by atoms with Gasteiger partial charge in [-0.05, 0) is 5.75 Å². The Morgan fingerprint density at radius 3 is 2.00 bits per heavy atom. The fraction of sp³-hybridized carbons (Fsp3) is 1.00. The van der Waals surface area contributed by atoms with Crippen LogP contribution in [0.5, 0.6) is 0 Å². The van der Waals surface area contributed by atoms with Crippen LogP contribution in [0.2, 0.25) is 0 Å². The van der Waals surface area contributed by atoms with Crippen LogP contribution in [0.25, 0.3) is 0 Å². The second-order valence-corrected chi connectivity index (χ2v) is 1.09. The maximum atomic E-state index is 7.85. The van der Waals surface area contributed by atoms with Gasteiger partial charge in [0, 0.05) is 0 Å². The molecule has 0 unspecified atom stereocenters. The van der Waals surface area contributed by atoms with Crippen molar-refractivity contribution < 1.29 is 5.11 Å². The fourth-order valence-electron chi connectivity index (χ4n) is 0. The highest BCUT2D eigenvalue weighted by Gasteiger charge is 1.55. The zero-order valence-electron chi connectivity index (χ0n) is 2.44. The molecule has 0 aliphatic rings. The molecule has 0 saturated heterocycles. The monoisotopic (exact) mass is 80.0 g/mol. The zero-order chi connectivity index (χ0) is 3.41. The summed E-state index contributed by atoms with van der Waals surface area (Å²) in [5.74, 6) is 0.792. The molecule has 0 aromatic heterocycles. The minimum atomic E-state index is 0.282. The average Bonchev–Trinajstić information content (AvgIpc) is 1.37. The highest BCUT2D eigenvalue weighted by molar-refractivity contribution is 7.80. The van der Waals surface area contributed by atoms with E-state index in [9.17, 15) is 0 Å². The van der Waals surface area contributed by atoms with Gasteiger partial charge in [0.1, 0.15) is 0 Å². The molecule has 0 aliphatic heterocycles. The van der Waals surface area contributed by atoms with Crippen molar-refractivity contribution in [1.82, 2.24) is 0 Å². The van der Waals surface area contributed by atoms with Crippen molar-refractivity contribution in [1.29, 1.82) is 0 Å². The summed E-state index contributed by atoms with van der Waals surface area (Å²) in [5, 5.41) is 7.85. The lowest BCUT2D eigenvalue weighted by molar-refractivity contribution is 0.323. The standard InChI is InChI=1S/C2H8OS/c3-1-2-4/h3H,1-2H2,4H3. The maximum absolute atomic E-state index is 7.85. The van der Waals surface area contributed by atoms with Gasteiger partial charge in [-0.15, -0.1) is 0 Å². The van der Waals surface area contributed by atoms with E-state index in [2.05, 4.69) is 12.6 Å². The molecule has 0 saturated carbocycles. The third-order valence-corrected chi connectivity index (χ3v) is 0.387. The van der Waals surface area contributed by atoms with Gasteiger partial charge in [0.05, 0.1) is 6.61 Å². The normalized spacial score (nSPS) is 8.75. The van der Waals surface area contributed by atoms with Gasteiger partial charge in [-0.2, -0.15) is 0 Å². The zero-order valence-corrected chi connectivity index (χ0v) is 3.59. The molecule has 0 spiro atoms. The first-order valence-corrected chi connectivity index (χ1v) is 2.04. The minimum absolute atomic E-state index is 0.282. The number of rotatable bonds is 1. The van der Waals surface area contributed by atoms with E-state index in [1.807, 2.05) is 0 Å². The van der Waals surface area contributed by atoms with E-state index in [1.54, 1.807) is 0 Å². The fourth-order valence-corrected chi connectivity index (χ4v) is 0. The van der Waals surface area contributed by atoms with Gasteiger partial charge < -0.3 is 5.11 Å². The van der Waals surface area contributed by atoms with Crippen LogP contribution in [0.3, 0.4) is 0 Å². The summed E-state index contributed by atoms with van der Waals surface area (Å²) in [4.78, 5) is 0. The molecular weight excluding hydrogens is 72.1 g/mol. The van der Waals surface area contributed by atoms with Crippen LogP contribution in [0.4, 0.5) is 0 Å². The van der Waals surface area contributed by atoms with E-state index in [4.69, 9.17) is 5.11 Å². The molecule has 0 aromatic carbocycles. The lowest BCUT2D eigenvalue weighted by Crippen LogP contribution is -1.76. The molecule has 1 N–H and O–H groups in total. The predicted octanol–water partition coefficient (Wildman–Crippen LogP) is -0.627. The Kier molecular flexibility index (Phi) is 3.57. The Morgan fingerprint density at radius 1 is 1.75 bits per heavy atom. The first-order valence-electron chi connectivity index (χ1n) is 1.22. The van der Waals surface area contributed by atoms with Gasteiger partial charge in [-0.3, -0.25) is 12.6 Å². The van der Waals surface area contributed by atoms with E-state index in [1.165, 1.54) is 0 Å². The van der Waals surface area contributed by atoms with Crippen molar-refractivity contribution in [3.05, 3.63) is 0 Å². The molecule has 28 valence electrons. The van der Waals surface area contributed by atoms with E-state index >= 15 is 0 Å². The second-order valence-electron chi connectivity index (χ2n) is 0.512. The van der Waals surface area contributed by atoms with Gasteiger partial charge in [-0.1, -0.05) is 0 Å². The minimum Gasteiger partial charge on any atom is -0.396 e. The van der Waals surface area contributed by atoms with Gasteiger partial charge in [0.15, 0.2) is 0 Å².